The fourth-order valence-electron chi connectivity index (χ4n) is 2.43. The van der Waals surface area contributed by atoms with Crippen LogP contribution in [0.1, 0.15) is 39.0 Å². The number of aliphatic hydroxyl groups is 1. The Morgan fingerprint density at radius 1 is 1.55 bits per heavy atom. The molecule has 2 heterocycles. The molecule has 2 saturated heterocycles. The first kappa shape index (κ1) is 7.56. The van der Waals surface area contributed by atoms with Gasteiger partial charge in [-0.1, -0.05) is 0 Å². The molecule has 0 amide bonds. The largest absolute Gasteiger partial charge is 0.393 e. The molecular formula is C9H16O2. The average Bonchev–Trinajstić information content (AvgIpc) is 1.82. The lowest BCUT2D eigenvalue weighted by Gasteiger charge is -2.45. The number of hydrogen-bond donors (Lipinski definition) is 1. The van der Waals surface area contributed by atoms with Crippen molar-refractivity contribution in [3.63, 3.8) is 0 Å². The van der Waals surface area contributed by atoms with E-state index in [1.165, 1.54) is 6.42 Å². The molecule has 3 atom stereocenters. The fraction of sp³-hybridized carbons (Fsp3) is 1.00. The van der Waals surface area contributed by atoms with Crippen LogP contribution in [0.15, 0.2) is 0 Å². The molecule has 11 heavy (non-hydrogen) atoms. The summed E-state index contributed by atoms with van der Waals surface area (Å²) < 4.78 is 5.82. The Labute approximate surface area is 67.6 Å². The van der Waals surface area contributed by atoms with Gasteiger partial charge in [-0.3, -0.25) is 0 Å². The van der Waals surface area contributed by atoms with Gasteiger partial charge in [-0.05, 0) is 32.6 Å². The lowest BCUT2D eigenvalue weighted by molar-refractivity contribution is -0.178. The Kier molecular flexibility index (Phi) is 1.69. The maximum absolute atomic E-state index is 9.50. The van der Waals surface area contributed by atoms with Crippen LogP contribution in [-0.2, 0) is 4.74 Å². The van der Waals surface area contributed by atoms with Crippen LogP contribution in [0.25, 0.3) is 0 Å². The lowest BCUT2D eigenvalue weighted by Crippen LogP contribution is -2.47. The molecule has 1 N–H and O–H groups in total. The lowest BCUT2D eigenvalue weighted by atomic mass is 9.81. The van der Waals surface area contributed by atoms with Crippen molar-refractivity contribution in [3.05, 3.63) is 0 Å². The standard InChI is InChI=1S/C9H16O2/c1-9-4-2-3-8(11-9)5-7(10)6-9/h7-8,10H,2-6H2,1H3/t7?,8-,9+/m0/s1. The van der Waals surface area contributed by atoms with E-state index in [9.17, 15) is 5.11 Å². The van der Waals surface area contributed by atoms with Crippen molar-refractivity contribution >= 4 is 0 Å². The van der Waals surface area contributed by atoms with Crippen molar-refractivity contribution in [1.29, 1.82) is 0 Å². The molecule has 0 aromatic rings. The maximum atomic E-state index is 9.50. The van der Waals surface area contributed by atoms with Gasteiger partial charge >= 0.3 is 0 Å². The van der Waals surface area contributed by atoms with E-state index in [1.807, 2.05) is 0 Å². The Hall–Kier alpha value is -0.0800. The van der Waals surface area contributed by atoms with Crippen LogP contribution in [0.4, 0.5) is 0 Å². The molecule has 2 fully saturated rings. The number of rotatable bonds is 0. The van der Waals surface area contributed by atoms with Gasteiger partial charge in [0.25, 0.3) is 0 Å². The molecule has 2 aliphatic rings. The van der Waals surface area contributed by atoms with Gasteiger partial charge < -0.3 is 9.84 Å². The van der Waals surface area contributed by atoms with Crippen LogP contribution in [0.5, 0.6) is 0 Å². The predicted molar refractivity (Wildman–Crippen MR) is 42.4 cm³/mol. The molecule has 2 aliphatic heterocycles. The van der Waals surface area contributed by atoms with E-state index in [0.29, 0.717) is 6.10 Å². The van der Waals surface area contributed by atoms with Crippen LogP contribution >= 0.6 is 0 Å². The van der Waals surface area contributed by atoms with Crippen molar-refractivity contribution in [2.45, 2.75) is 56.8 Å². The second kappa shape index (κ2) is 2.46. The first-order chi connectivity index (χ1) is 5.18. The minimum Gasteiger partial charge on any atom is -0.393 e. The highest BCUT2D eigenvalue weighted by Gasteiger charge is 2.39. The van der Waals surface area contributed by atoms with E-state index >= 15 is 0 Å². The minimum atomic E-state index is -0.112. The zero-order valence-electron chi connectivity index (χ0n) is 7.05. The summed E-state index contributed by atoms with van der Waals surface area (Å²) in [4.78, 5) is 0. The summed E-state index contributed by atoms with van der Waals surface area (Å²) in [5, 5.41) is 9.50. The second-order valence-corrected chi connectivity index (χ2v) is 4.18. The third kappa shape index (κ3) is 1.42. The molecule has 0 aliphatic carbocycles. The van der Waals surface area contributed by atoms with E-state index in [4.69, 9.17) is 4.74 Å². The summed E-state index contributed by atoms with van der Waals surface area (Å²) in [5.74, 6) is 0. The predicted octanol–water partition coefficient (Wildman–Crippen LogP) is 1.47. The van der Waals surface area contributed by atoms with E-state index < -0.39 is 0 Å². The molecule has 0 aromatic carbocycles. The highest BCUT2D eigenvalue weighted by Crippen LogP contribution is 2.38. The Morgan fingerprint density at radius 2 is 2.36 bits per heavy atom. The summed E-state index contributed by atoms with van der Waals surface area (Å²) in [6.45, 7) is 2.13. The quantitative estimate of drug-likeness (QED) is 0.575. The van der Waals surface area contributed by atoms with Gasteiger partial charge in [0.05, 0.1) is 17.8 Å². The molecule has 64 valence electrons. The smallest absolute Gasteiger partial charge is 0.0682 e. The van der Waals surface area contributed by atoms with Crippen LogP contribution in [0.3, 0.4) is 0 Å². The summed E-state index contributed by atoms with van der Waals surface area (Å²) in [6, 6.07) is 0. The van der Waals surface area contributed by atoms with Crippen LogP contribution < -0.4 is 0 Å². The molecule has 1 unspecified atom stereocenters. The molecule has 0 spiro atoms. The first-order valence-corrected chi connectivity index (χ1v) is 4.54. The van der Waals surface area contributed by atoms with Gasteiger partial charge in [0.1, 0.15) is 0 Å². The van der Waals surface area contributed by atoms with Crippen molar-refractivity contribution in [2.75, 3.05) is 0 Å². The fourth-order valence-corrected chi connectivity index (χ4v) is 2.43. The second-order valence-electron chi connectivity index (χ2n) is 4.18. The SMILES string of the molecule is C[C@@]12CCC[C@@H](CC(O)C1)O2. The molecule has 2 nitrogen and oxygen atoms in total. The first-order valence-electron chi connectivity index (χ1n) is 4.54. The Bertz CT molecular complexity index is 154. The van der Waals surface area contributed by atoms with E-state index in [1.54, 1.807) is 0 Å². The Balaban J connectivity index is 2.09. The van der Waals surface area contributed by atoms with E-state index in [2.05, 4.69) is 6.92 Å². The van der Waals surface area contributed by atoms with Gasteiger partial charge in [-0.25, -0.2) is 0 Å². The third-order valence-corrected chi connectivity index (χ3v) is 2.89. The van der Waals surface area contributed by atoms with Crippen LogP contribution in [-0.4, -0.2) is 22.9 Å². The van der Waals surface area contributed by atoms with Crippen molar-refractivity contribution in [3.8, 4) is 0 Å². The molecule has 2 rings (SSSR count). The topological polar surface area (TPSA) is 29.5 Å². The normalized spacial score (nSPS) is 50.7. The average molecular weight is 156 g/mol. The zero-order valence-corrected chi connectivity index (χ0v) is 7.05. The number of fused-ring (bicyclic) bond motifs is 2. The van der Waals surface area contributed by atoms with Crippen molar-refractivity contribution < 1.29 is 9.84 Å². The van der Waals surface area contributed by atoms with E-state index in [0.717, 1.165) is 25.7 Å². The van der Waals surface area contributed by atoms with E-state index in [-0.39, 0.29) is 11.7 Å². The number of hydrogen-bond acceptors (Lipinski definition) is 2. The summed E-state index contributed by atoms with van der Waals surface area (Å²) in [6.07, 6.45) is 5.47. The van der Waals surface area contributed by atoms with Crippen molar-refractivity contribution in [2.24, 2.45) is 0 Å². The monoisotopic (exact) mass is 156 g/mol. The summed E-state index contributed by atoms with van der Waals surface area (Å²) in [5.41, 5.74) is 0.000579. The summed E-state index contributed by atoms with van der Waals surface area (Å²) >= 11 is 0. The maximum Gasteiger partial charge on any atom is 0.0682 e. The van der Waals surface area contributed by atoms with Crippen LogP contribution in [0, 0.1) is 0 Å². The van der Waals surface area contributed by atoms with Gasteiger partial charge in [0, 0.05) is 6.42 Å². The van der Waals surface area contributed by atoms with Gasteiger partial charge in [-0.15, -0.1) is 0 Å². The molecule has 2 heteroatoms. The Morgan fingerprint density at radius 3 is 3.09 bits per heavy atom. The van der Waals surface area contributed by atoms with Crippen molar-refractivity contribution in [1.82, 2.24) is 0 Å². The minimum absolute atomic E-state index is 0.000579. The number of aliphatic hydroxyl groups excluding tert-OH is 1. The van der Waals surface area contributed by atoms with Gasteiger partial charge in [-0.2, -0.15) is 0 Å². The molecule has 0 aromatic heterocycles. The zero-order chi connectivity index (χ0) is 7.90. The summed E-state index contributed by atoms with van der Waals surface area (Å²) in [7, 11) is 0. The highest BCUT2D eigenvalue weighted by molar-refractivity contribution is 4.90. The van der Waals surface area contributed by atoms with Gasteiger partial charge in [0.2, 0.25) is 0 Å². The number of ether oxygens (including phenoxy) is 1. The molecule has 0 saturated carbocycles. The molecular weight excluding hydrogens is 140 g/mol. The highest BCUT2D eigenvalue weighted by atomic mass is 16.5. The van der Waals surface area contributed by atoms with Gasteiger partial charge in [0.15, 0.2) is 0 Å². The molecule has 0 radical (unpaired) electrons. The third-order valence-electron chi connectivity index (χ3n) is 2.89. The van der Waals surface area contributed by atoms with Crippen LogP contribution in [0.2, 0.25) is 0 Å². The molecule has 2 bridgehead atoms.